The van der Waals surface area contributed by atoms with Crippen LogP contribution in [0.4, 0.5) is 5.69 Å². The van der Waals surface area contributed by atoms with Crippen LogP contribution in [0.25, 0.3) is 0 Å². The zero-order valence-corrected chi connectivity index (χ0v) is 12.4. The summed E-state index contributed by atoms with van der Waals surface area (Å²) in [5, 5.41) is 0. The molecule has 1 saturated carbocycles. The van der Waals surface area contributed by atoms with Gasteiger partial charge in [-0.2, -0.15) is 0 Å². The smallest absolute Gasteiger partial charge is 0.0892 e. The van der Waals surface area contributed by atoms with Gasteiger partial charge in [-0.15, -0.1) is 0 Å². The van der Waals surface area contributed by atoms with Gasteiger partial charge >= 0.3 is 0 Å². The lowest BCUT2D eigenvalue weighted by Crippen LogP contribution is -2.51. The van der Waals surface area contributed by atoms with Crippen LogP contribution in [0.15, 0.2) is 18.5 Å². The highest BCUT2D eigenvalue weighted by atomic mass is 16.5. The number of nitrogens with two attached hydrogens (primary N) is 2. The first-order valence-electron chi connectivity index (χ1n) is 7.42. The van der Waals surface area contributed by atoms with Crippen LogP contribution in [0.1, 0.15) is 51.1 Å². The van der Waals surface area contributed by atoms with Crippen molar-refractivity contribution in [2.75, 3.05) is 12.3 Å². The zero-order chi connectivity index (χ0) is 14.6. The molecule has 0 radical (unpaired) electrons. The van der Waals surface area contributed by atoms with Crippen LogP contribution in [-0.4, -0.2) is 17.2 Å². The normalized spacial score (nSPS) is 28.2. The average molecular weight is 278 g/mol. The molecule has 20 heavy (non-hydrogen) atoms. The van der Waals surface area contributed by atoms with Crippen LogP contribution in [0, 0.1) is 5.92 Å². The molecule has 5 heteroatoms. The maximum absolute atomic E-state index is 6.18. The highest BCUT2D eigenvalue weighted by Gasteiger charge is 2.43. The van der Waals surface area contributed by atoms with E-state index >= 15 is 0 Å². The molecule has 112 valence electrons. The Bertz CT molecular complexity index is 436. The summed E-state index contributed by atoms with van der Waals surface area (Å²) in [5.74, 6) is 6.48. The van der Waals surface area contributed by atoms with Gasteiger partial charge in [0.15, 0.2) is 0 Å². The van der Waals surface area contributed by atoms with Crippen molar-refractivity contribution in [1.82, 2.24) is 10.4 Å². The molecule has 1 aliphatic carbocycles. The standard InChI is InChI=1S/C15H26N4O/c1-3-20-15(7-4-5-11(2)9-15)14(19-17)12-10-18-8-6-13(12)16/h6,8,10-11,14,19H,3-5,7,9,17H2,1-2H3,(H2,16,18). The molecular weight excluding hydrogens is 252 g/mol. The molecule has 1 aromatic rings. The van der Waals surface area contributed by atoms with Gasteiger partial charge in [-0.05, 0) is 31.7 Å². The van der Waals surface area contributed by atoms with Gasteiger partial charge in [-0.3, -0.25) is 10.8 Å². The Morgan fingerprint density at radius 3 is 3.00 bits per heavy atom. The van der Waals surface area contributed by atoms with E-state index in [9.17, 15) is 0 Å². The molecule has 0 aliphatic heterocycles. The molecule has 0 saturated heterocycles. The summed E-state index contributed by atoms with van der Waals surface area (Å²) in [7, 11) is 0. The van der Waals surface area contributed by atoms with Gasteiger partial charge in [0.2, 0.25) is 0 Å². The quantitative estimate of drug-likeness (QED) is 0.567. The van der Waals surface area contributed by atoms with E-state index in [2.05, 4.69) is 17.3 Å². The van der Waals surface area contributed by atoms with Crippen LogP contribution in [0.3, 0.4) is 0 Å². The van der Waals surface area contributed by atoms with Gasteiger partial charge < -0.3 is 10.5 Å². The van der Waals surface area contributed by atoms with Crippen molar-refractivity contribution in [3.8, 4) is 0 Å². The third-order valence-electron chi connectivity index (χ3n) is 4.31. The summed E-state index contributed by atoms with van der Waals surface area (Å²) >= 11 is 0. The third kappa shape index (κ3) is 2.95. The number of hydrogen-bond acceptors (Lipinski definition) is 5. The van der Waals surface area contributed by atoms with E-state index in [1.54, 1.807) is 12.4 Å². The second-order valence-corrected chi connectivity index (χ2v) is 5.80. The number of aromatic nitrogens is 1. The number of rotatable bonds is 5. The van der Waals surface area contributed by atoms with Crippen molar-refractivity contribution in [3.63, 3.8) is 0 Å². The van der Waals surface area contributed by atoms with Gasteiger partial charge in [0.1, 0.15) is 0 Å². The predicted octanol–water partition coefficient (Wildman–Crippen LogP) is 2.15. The Labute approximate surface area is 121 Å². The number of pyridine rings is 1. The van der Waals surface area contributed by atoms with Crippen LogP contribution in [0.2, 0.25) is 0 Å². The largest absolute Gasteiger partial charge is 0.398 e. The predicted molar refractivity (Wildman–Crippen MR) is 80.7 cm³/mol. The molecule has 1 aliphatic rings. The minimum atomic E-state index is -0.293. The summed E-state index contributed by atoms with van der Waals surface area (Å²) < 4.78 is 6.18. The summed E-state index contributed by atoms with van der Waals surface area (Å²) in [5.41, 5.74) is 10.4. The number of ether oxygens (including phenoxy) is 1. The highest BCUT2D eigenvalue weighted by molar-refractivity contribution is 5.47. The fraction of sp³-hybridized carbons (Fsp3) is 0.667. The van der Waals surface area contributed by atoms with E-state index in [1.807, 2.05) is 13.0 Å². The molecule has 0 spiro atoms. The van der Waals surface area contributed by atoms with Gasteiger partial charge in [0.25, 0.3) is 0 Å². The van der Waals surface area contributed by atoms with Gasteiger partial charge in [0, 0.05) is 30.3 Å². The lowest BCUT2D eigenvalue weighted by Gasteiger charge is -2.45. The van der Waals surface area contributed by atoms with Gasteiger partial charge in [-0.1, -0.05) is 19.8 Å². The number of nitrogen functional groups attached to an aromatic ring is 1. The average Bonchev–Trinajstić information content (AvgIpc) is 2.42. The summed E-state index contributed by atoms with van der Waals surface area (Å²) in [6.07, 6.45) is 7.87. The Hall–Kier alpha value is -1.17. The Morgan fingerprint density at radius 2 is 2.40 bits per heavy atom. The number of nitrogens with one attached hydrogen (secondary N) is 1. The minimum absolute atomic E-state index is 0.126. The van der Waals surface area contributed by atoms with E-state index in [0.717, 1.165) is 24.8 Å². The molecule has 3 unspecified atom stereocenters. The lowest BCUT2D eigenvalue weighted by atomic mass is 9.73. The van der Waals surface area contributed by atoms with E-state index in [1.165, 1.54) is 6.42 Å². The first kappa shape index (κ1) is 15.2. The molecule has 1 heterocycles. The van der Waals surface area contributed by atoms with Crippen molar-refractivity contribution in [3.05, 3.63) is 24.0 Å². The van der Waals surface area contributed by atoms with Gasteiger partial charge in [0.05, 0.1) is 11.6 Å². The van der Waals surface area contributed by atoms with Crippen LogP contribution >= 0.6 is 0 Å². The molecule has 0 amide bonds. The molecule has 5 N–H and O–H groups in total. The molecule has 1 aromatic heterocycles. The Morgan fingerprint density at radius 1 is 1.60 bits per heavy atom. The maximum atomic E-state index is 6.18. The number of hydrogen-bond donors (Lipinski definition) is 3. The van der Waals surface area contributed by atoms with Crippen LogP contribution in [0.5, 0.6) is 0 Å². The highest BCUT2D eigenvalue weighted by Crippen LogP contribution is 2.44. The summed E-state index contributed by atoms with van der Waals surface area (Å²) in [6.45, 7) is 4.97. The third-order valence-corrected chi connectivity index (χ3v) is 4.31. The van der Waals surface area contributed by atoms with Crippen molar-refractivity contribution in [2.45, 2.75) is 51.2 Å². The molecule has 2 rings (SSSR count). The Kier molecular flexibility index (Phi) is 4.96. The molecular formula is C15H26N4O. The number of hydrazine groups is 1. The molecule has 0 bridgehead atoms. The van der Waals surface area contributed by atoms with E-state index < -0.39 is 0 Å². The molecule has 1 fully saturated rings. The molecule has 0 aromatic carbocycles. The first-order chi connectivity index (χ1) is 9.63. The molecule has 3 atom stereocenters. The minimum Gasteiger partial charge on any atom is -0.398 e. The fourth-order valence-electron chi connectivity index (χ4n) is 3.49. The SMILES string of the molecule is CCOC1(C(NN)c2cnccc2N)CCCC(C)C1. The van der Waals surface area contributed by atoms with E-state index in [4.69, 9.17) is 16.3 Å². The summed E-state index contributed by atoms with van der Waals surface area (Å²) in [4.78, 5) is 4.19. The van der Waals surface area contributed by atoms with Gasteiger partial charge in [-0.25, -0.2) is 5.43 Å². The Balaban J connectivity index is 2.37. The van der Waals surface area contributed by atoms with Crippen molar-refractivity contribution in [2.24, 2.45) is 11.8 Å². The lowest BCUT2D eigenvalue weighted by molar-refractivity contribution is -0.102. The number of nitrogens with zero attached hydrogens (tertiary/aromatic N) is 1. The second-order valence-electron chi connectivity index (χ2n) is 5.80. The summed E-state index contributed by atoms with van der Waals surface area (Å²) in [6, 6.07) is 1.69. The van der Waals surface area contributed by atoms with Crippen molar-refractivity contribution in [1.29, 1.82) is 0 Å². The van der Waals surface area contributed by atoms with E-state index in [-0.39, 0.29) is 11.6 Å². The maximum Gasteiger partial charge on any atom is 0.0892 e. The van der Waals surface area contributed by atoms with Crippen LogP contribution < -0.4 is 17.0 Å². The van der Waals surface area contributed by atoms with Crippen molar-refractivity contribution < 1.29 is 4.74 Å². The van der Waals surface area contributed by atoms with E-state index in [0.29, 0.717) is 18.2 Å². The van der Waals surface area contributed by atoms with Crippen molar-refractivity contribution >= 4 is 5.69 Å². The zero-order valence-electron chi connectivity index (χ0n) is 12.4. The monoisotopic (exact) mass is 278 g/mol. The topological polar surface area (TPSA) is 86.2 Å². The molecule has 5 nitrogen and oxygen atoms in total. The number of anilines is 1. The van der Waals surface area contributed by atoms with Crippen LogP contribution in [-0.2, 0) is 4.74 Å². The second kappa shape index (κ2) is 6.52. The first-order valence-corrected chi connectivity index (χ1v) is 7.42. The fourth-order valence-corrected chi connectivity index (χ4v) is 3.49.